The van der Waals surface area contributed by atoms with Crippen LogP contribution in [0.5, 0.6) is 5.75 Å². The van der Waals surface area contributed by atoms with Crippen LogP contribution >= 0.6 is 0 Å². The minimum absolute atomic E-state index is 0.779. The van der Waals surface area contributed by atoms with Gasteiger partial charge >= 0.3 is 0 Å². The van der Waals surface area contributed by atoms with Gasteiger partial charge in [-0.1, -0.05) is 6.07 Å². The van der Waals surface area contributed by atoms with Crippen molar-refractivity contribution in [2.24, 2.45) is 0 Å². The van der Waals surface area contributed by atoms with Gasteiger partial charge in [0.25, 0.3) is 0 Å². The Morgan fingerprint density at radius 1 is 1.22 bits per heavy atom. The standard InChI is InChI=1S/C15H22N2O/c1-2-9-17(8-1)10-3-4-13-5-6-15-14(12-13)16-7-11-18-15/h5-6,12,16H,1-4,7-11H2. The van der Waals surface area contributed by atoms with Crippen molar-refractivity contribution in [3.63, 3.8) is 0 Å². The number of likely N-dealkylation sites (tertiary alicyclic amines) is 1. The maximum absolute atomic E-state index is 5.59. The van der Waals surface area contributed by atoms with Gasteiger partial charge in [0.1, 0.15) is 12.4 Å². The molecule has 0 unspecified atom stereocenters. The number of benzene rings is 1. The summed E-state index contributed by atoms with van der Waals surface area (Å²) in [4.78, 5) is 2.58. The van der Waals surface area contributed by atoms with E-state index in [0.717, 1.165) is 18.9 Å². The third-order valence-corrected chi connectivity index (χ3v) is 3.86. The predicted octanol–water partition coefficient (Wildman–Crippen LogP) is 2.52. The summed E-state index contributed by atoms with van der Waals surface area (Å²) in [5.41, 5.74) is 2.59. The van der Waals surface area contributed by atoms with Crippen LogP contribution in [0.4, 0.5) is 5.69 Å². The van der Waals surface area contributed by atoms with Crippen molar-refractivity contribution >= 4 is 5.69 Å². The summed E-state index contributed by atoms with van der Waals surface area (Å²) >= 11 is 0. The molecule has 0 aromatic heterocycles. The van der Waals surface area contributed by atoms with E-state index in [1.54, 1.807) is 0 Å². The van der Waals surface area contributed by atoms with Crippen molar-refractivity contribution in [1.29, 1.82) is 0 Å². The monoisotopic (exact) mass is 246 g/mol. The first-order chi connectivity index (χ1) is 8.92. The number of fused-ring (bicyclic) bond motifs is 1. The Bertz CT molecular complexity index is 399. The maximum Gasteiger partial charge on any atom is 0.142 e. The number of aryl methyl sites for hydroxylation is 1. The van der Waals surface area contributed by atoms with Crippen LogP contribution in [0.25, 0.3) is 0 Å². The molecule has 1 aromatic carbocycles. The highest BCUT2D eigenvalue weighted by atomic mass is 16.5. The molecule has 18 heavy (non-hydrogen) atoms. The fraction of sp³-hybridized carbons (Fsp3) is 0.600. The molecule has 2 heterocycles. The highest BCUT2D eigenvalue weighted by molar-refractivity contribution is 5.59. The molecular formula is C15H22N2O. The lowest BCUT2D eigenvalue weighted by Crippen LogP contribution is -2.21. The van der Waals surface area contributed by atoms with Crippen LogP contribution in [-0.2, 0) is 6.42 Å². The summed E-state index contributed by atoms with van der Waals surface area (Å²) < 4.78 is 5.59. The second-order valence-corrected chi connectivity index (χ2v) is 5.26. The topological polar surface area (TPSA) is 24.5 Å². The number of nitrogens with one attached hydrogen (secondary N) is 1. The molecule has 0 aliphatic carbocycles. The number of rotatable bonds is 4. The van der Waals surface area contributed by atoms with Gasteiger partial charge in [-0.15, -0.1) is 0 Å². The third-order valence-electron chi connectivity index (χ3n) is 3.86. The summed E-state index contributed by atoms with van der Waals surface area (Å²) in [6, 6.07) is 6.56. The fourth-order valence-corrected chi connectivity index (χ4v) is 2.86. The average Bonchev–Trinajstić information content (AvgIpc) is 2.92. The van der Waals surface area contributed by atoms with Gasteiger partial charge in [-0.05, 0) is 63.0 Å². The van der Waals surface area contributed by atoms with Gasteiger partial charge < -0.3 is 15.0 Å². The van der Waals surface area contributed by atoms with Gasteiger partial charge in [0, 0.05) is 6.54 Å². The van der Waals surface area contributed by atoms with Gasteiger partial charge in [0.15, 0.2) is 0 Å². The normalized spacial score (nSPS) is 19.1. The summed E-state index contributed by atoms with van der Waals surface area (Å²) in [6.45, 7) is 5.56. The second kappa shape index (κ2) is 5.61. The molecule has 1 saturated heterocycles. The quantitative estimate of drug-likeness (QED) is 0.883. The average molecular weight is 246 g/mol. The summed E-state index contributed by atoms with van der Waals surface area (Å²) in [7, 11) is 0. The Morgan fingerprint density at radius 3 is 3.00 bits per heavy atom. The van der Waals surface area contributed by atoms with E-state index in [-0.39, 0.29) is 0 Å². The molecule has 1 aromatic rings. The van der Waals surface area contributed by atoms with E-state index in [1.165, 1.54) is 56.6 Å². The van der Waals surface area contributed by atoms with Crippen molar-refractivity contribution in [3.05, 3.63) is 23.8 Å². The fourth-order valence-electron chi connectivity index (χ4n) is 2.86. The first kappa shape index (κ1) is 11.8. The van der Waals surface area contributed by atoms with Gasteiger partial charge in [-0.3, -0.25) is 0 Å². The van der Waals surface area contributed by atoms with Gasteiger partial charge in [-0.2, -0.15) is 0 Å². The Labute approximate surface area is 109 Å². The lowest BCUT2D eigenvalue weighted by Gasteiger charge is -2.20. The number of anilines is 1. The van der Waals surface area contributed by atoms with Gasteiger partial charge in [0.05, 0.1) is 5.69 Å². The second-order valence-electron chi connectivity index (χ2n) is 5.26. The van der Waals surface area contributed by atoms with E-state index in [0.29, 0.717) is 0 Å². The van der Waals surface area contributed by atoms with E-state index in [9.17, 15) is 0 Å². The number of nitrogens with zero attached hydrogens (tertiary/aromatic N) is 1. The first-order valence-corrected chi connectivity index (χ1v) is 7.14. The summed E-state index contributed by atoms with van der Waals surface area (Å²) in [5, 5.41) is 3.40. The molecule has 0 amide bonds. The molecular weight excluding hydrogens is 224 g/mol. The van der Waals surface area contributed by atoms with Crippen molar-refractivity contribution in [2.45, 2.75) is 25.7 Å². The highest BCUT2D eigenvalue weighted by Gasteiger charge is 2.12. The van der Waals surface area contributed by atoms with E-state index in [4.69, 9.17) is 4.74 Å². The van der Waals surface area contributed by atoms with Crippen LogP contribution in [0.3, 0.4) is 0 Å². The molecule has 1 fully saturated rings. The first-order valence-electron chi connectivity index (χ1n) is 7.14. The predicted molar refractivity (Wildman–Crippen MR) is 74.4 cm³/mol. The van der Waals surface area contributed by atoms with E-state index in [1.807, 2.05) is 0 Å². The highest BCUT2D eigenvalue weighted by Crippen LogP contribution is 2.28. The van der Waals surface area contributed by atoms with Crippen LogP contribution in [-0.4, -0.2) is 37.7 Å². The molecule has 0 atom stereocenters. The Hall–Kier alpha value is -1.22. The molecule has 3 rings (SSSR count). The Balaban J connectivity index is 1.52. The molecule has 0 radical (unpaired) electrons. The van der Waals surface area contributed by atoms with Crippen molar-refractivity contribution < 1.29 is 4.74 Å². The Morgan fingerprint density at radius 2 is 2.11 bits per heavy atom. The zero-order valence-corrected chi connectivity index (χ0v) is 11.0. The summed E-state index contributed by atoms with van der Waals surface area (Å²) in [5.74, 6) is 1.00. The minimum atomic E-state index is 0.779. The zero-order valence-electron chi connectivity index (χ0n) is 11.0. The number of ether oxygens (including phenoxy) is 1. The lowest BCUT2D eigenvalue weighted by atomic mass is 10.1. The van der Waals surface area contributed by atoms with Crippen LogP contribution < -0.4 is 10.1 Å². The van der Waals surface area contributed by atoms with Crippen LogP contribution in [0, 0.1) is 0 Å². The maximum atomic E-state index is 5.59. The van der Waals surface area contributed by atoms with Crippen molar-refractivity contribution in [3.8, 4) is 5.75 Å². The smallest absolute Gasteiger partial charge is 0.142 e. The van der Waals surface area contributed by atoms with E-state index >= 15 is 0 Å². The molecule has 2 aliphatic heterocycles. The van der Waals surface area contributed by atoms with Crippen LogP contribution in [0.2, 0.25) is 0 Å². The Kier molecular flexibility index (Phi) is 3.69. The number of hydrogen-bond donors (Lipinski definition) is 1. The molecule has 0 saturated carbocycles. The largest absolute Gasteiger partial charge is 0.490 e. The molecule has 2 aliphatic rings. The molecule has 0 bridgehead atoms. The van der Waals surface area contributed by atoms with Crippen LogP contribution in [0.15, 0.2) is 18.2 Å². The molecule has 1 N–H and O–H groups in total. The molecule has 98 valence electrons. The van der Waals surface area contributed by atoms with Crippen molar-refractivity contribution in [1.82, 2.24) is 4.90 Å². The van der Waals surface area contributed by atoms with Gasteiger partial charge in [-0.25, -0.2) is 0 Å². The van der Waals surface area contributed by atoms with Crippen LogP contribution in [0.1, 0.15) is 24.8 Å². The molecule has 3 nitrogen and oxygen atoms in total. The third kappa shape index (κ3) is 2.78. The van der Waals surface area contributed by atoms with E-state index in [2.05, 4.69) is 28.4 Å². The zero-order chi connectivity index (χ0) is 12.2. The molecule has 0 spiro atoms. The van der Waals surface area contributed by atoms with E-state index < -0.39 is 0 Å². The van der Waals surface area contributed by atoms with Gasteiger partial charge in [0.2, 0.25) is 0 Å². The number of hydrogen-bond acceptors (Lipinski definition) is 3. The minimum Gasteiger partial charge on any atom is -0.490 e. The SMILES string of the molecule is c1cc2c(cc1CCCN1CCCC1)NCCO2. The van der Waals surface area contributed by atoms with Crippen molar-refractivity contribution in [2.75, 3.05) is 38.1 Å². The molecule has 3 heteroatoms. The summed E-state index contributed by atoms with van der Waals surface area (Å²) in [6.07, 6.45) is 5.21. The lowest BCUT2D eigenvalue weighted by molar-refractivity contribution is 0.323.